The first-order valence-corrected chi connectivity index (χ1v) is 8.08. The van der Waals surface area contributed by atoms with Gasteiger partial charge in [0.15, 0.2) is 0 Å². The summed E-state index contributed by atoms with van der Waals surface area (Å²) in [5, 5.41) is 11.3. The van der Waals surface area contributed by atoms with E-state index in [-0.39, 0.29) is 11.3 Å². The van der Waals surface area contributed by atoms with Crippen LogP contribution in [0.4, 0.5) is 0 Å². The van der Waals surface area contributed by atoms with Gasteiger partial charge in [-0.3, -0.25) is 0 Å². The lowest BCUT2D eigenvalue weighted by Crippen LogP contribution is -2.38. The average Bonchev–Trinajstić information content (AvgIpc) is 2.47. The molecule has 2 rings (SSSR count). The Balaban J connectivity index is 2.28. The standard InChI is InChI=1S/C19H29O2/c1-5-12-19(20,17-10-13-21-14-11-17)16-8-6-15(7-9-16)18(2,3)4/h6-9,17,20H,1,5,10-14H2,2-4H3. The van der Waals surface area contributed by atoms with Crippen LogP contribution in [0.3, 0.4) is 0 Å². The van der Waals surface area contributed by atoms with Crippen LogP contribution in [0.2, 0.25) is 0 Å². The third-order valence-corrected chi connectivity index (χ3v) is 4.71. The van der Waals surface area contributed by atoms with Crippen molar-refractivity contribution in [1.29, 1.82) is 0 Å². The largest absolute Gasteiger partial charge is 0.385 e. The normalized spacial score (nSPS) is 20.2. The van der Waals surface area contributed by atoms with Gasteiger partial charge in [0.2, 0.25) is 0 Å². The molecule has 1 unspecified atom stereocenters. The van der Waals surface area contributed by atoms with E-state index in [1.807, 2.05) is 0 Å². The highest BCUT2D eigenvalue weighted by Crippen LogP contribution is 2.40. The van der Waals surface area contributed by atoms with E-state index in [0.717, 1.165) is 38.0 Å². The second-order valence-corrected chi connectivity index (χ2v) is 7.24. The smallest absolute Gasteiger partial charge is 0.0926 e. The van der Waals surface area contributed by atoms with Gasteiger partial charge in [0, 0.05) is 13.2 Å². The average molecular weight is 289 g/mol. The second-order valence-electron chi connectivity index (χ2n) is 7.24. The first kappa shape index (κ1) is 16.5. The maximum Gasteiger partial charge on any atom is 0.0926 e. The fourth-order valence-corrected chi connectivity index (χ4v) is 3.29. The minimum atomic E-state index is -0.762. The van der Waals surface area contributed by atoms with E-state index in [0.29, 0.717) is 6.42 Å². The summed E-state index contributed by atoms with van der Waals surface area (Å²) in [5.41, 5.74) is 1.71. The predicted octanol–water partition coefficient (Wildman–Crippen LogP) is 4.21. The number of hydrogen-bond acceptors (Lipinski definition) is 2. The van der Waals surface area contributed by atoms with Crippen LogP contribution in [0.1, 0.15) is 57.6 Å². The van der Waals surface area contributed by atoms with Crippen LogP contribution in [0.5, 0.6) is 0 Å². The summed E-state index contributed by atoms with van der Waals surface area (Å²) in [6.07, 6.45) is 3.32. The van der Waals surface area contributed by atoms with Crippen molar-refractivity contribution < 1.29 is 9.84 Å². The van der Waals surface area contributed by atoms with Gasteiger partial charge in [-0.05, 0) is 41.7 Å². The maximum atomic E-state index is 11.3. The molecule has 2 heteroatoms. The number of hydrogen-bond donors (Lipinski definition) is 1. The molecule has 1 aromatic carbocycles. The summed E-state index contributed by atoms with van der Waals surface area (Å²) in [6, 6.07) is 8.52. The summed E-state index contributed by atoms with van der Waals surface area (Å²) in [5.74, 6) is 0.272. The molecule has 0 amide bonds. The Kier molecular flexibility index (Phi) is 5.11. The third-order valence-electron chi connectivity index (χ3n) is 4.71. The summed E-state index contributed by atoms with van der Waals surface area (Å²) in [7, 11) is 0. The van der Waals surface area contributed by atoms with Crippen molar-refractivity contribution in [3.63, 3.8) is 0 Å². The van der Waals surface area contributed by atoms with Gasteiger partial charge in [-0.25, -0.2) is 0 Å². The Morgan fingerprint density at radius 1 is 1.10 bits per heavy atom. The number of ether oxygens (including phenoxy) is 1. The molecule has 0 saturated carbocycles. The first-order chi connectivity index (χ1) is 9.88. The van der Waals surface area contributed by atoms with Crippen LogP contribution in [0.15, 0.2) is 24.3 Å². The van der Waals surface area contributed by atoms with Gasteiger partial charge in [-0.1, -0.05) is 58.4 Å². The molecule has 1 heterocycles. The van der Waals surface area contributed by atoms with Crippen LogP contribution < -0.4 is 0 Å². The fraction of sp³-hybridized carbons (Fsp3) is 0.632. The predicted molar refractivity (Wildman–Crippen MR) is 87.2 cm³/mol. The van der Waals surface area contributed by atoms with Crippen molar-refractivity contribution in [1.82, 2.24) is 0 Å². The molecular weight excluding hydrogens is 260 g/mol. The van der Waals surface area contributed by atoms with Crippen molar-refractivity contribution >= 4 is 0 Å². The Bertz CT molecular complexity index is 438. The molecule has 0 spiro atoms. The van der Waals surface area contributed by atoms with E-state index in [1.165, 1.54) is 5.56 Å². The van der Waals surface area contributed by atoms with E-state index in [2.05, 4.69) is 52.0 Å². The molecule has 1 atom stereocenters. The van der Waals surface area contributed by atoms with Crippen LogP contribution in [-0.2, 0) is 15.8 Å². The zero-order valence-corrected chi connectivity index (χ0v) is 13.7. The minimum Gasteiger partial charge on any atom is -0.385 e. The quantitative estimate of drug-likeness (QED) is 0.899. The monoisotopic (exact) mass is 289 g/mol. The van der Waals surface area contributed by atoms with E-state index in [9.17, 15) is 5.11 Å². The molecule has 0 aliphatic carbocycles. The zero-order valence-electron chi connectivity index (χ0n) is 13.7. The molecule has 117 valence electrons. The minimum absolute atomic E-state index is 0.141. The maximum absolute atomic E-state index is 11.3. The topological polar surface area (TPSA) is 29.5 Å². The molecule has 1 saturated heterocycles. The summed E-state index contributed by atoms with van der Waals surface area (Å²) >= 11 is 0. The molecule has 2 nitrogen and oxygen atoms in total. The van der Waals surface area contributed by atoms with E-state index in [1.54, 1.807) is 0 Å². The van der Waals surface area contributed by atoms with Crippen LogP contribution in [0.25, 0.3) is 0 Å². The highest BCUT2D eigenvalue weighted by molar-refractivity contribution is 5.31. The highest BCUT2D eigenvalue weighted by Gasteiger charge is 2.38. The van der Waals surface area contributed by atoms with Crippen LogP contribution in [-0.4, -0.2) is 18.3 Å². The lowest BCUT2D eigenvalue weighted by molar-refractivity contribution is -0.0755. The number of benzene rings is 1. The molecule has 1 aliphatic heterocycles. The molecule has 1 N–H and O–H groups in total. The summed E-state index contributed by atoms with van der Waals surface area (Å²) < 4.78 is 5.45. The van der Waals surface area contributed by atoms with Crippen molar-refractivity contribution in [3.05, 3.63) is 42.3 Å². The Hall–Kier alpha value is -0.860. The molecule has 1 radical (unpaired) electrons. The lowest BCUT2D eigenvalue weighted by Gasteiger charge is -2.39. The van der Waals surface area contributed by atoms with E-state index in [4.69, 9.17) is 4.74 Å². The molecule has 0 aromatic heterocycles. The van der Waals surface area contributed by atoms with Crippen LogP contribution in [0, 0.1) is 12.8 Å². The number of aliphatic hydroxyl groups is 1. The molecular formula is C19H29O2. The van der Waals surface area contributed by atoms with Crippen molar-refractivity contribution in [2.45, 2.75) is 57.5 Å². The summed E-state index contributed by atoms with van der Waals surface area (Å²) in [4.78, 5) is 0. The SMILES string of the molecule is [CH2]CCC(O)(c1ccc(C(C)(C)C)cc1)C1CCOCC1. The van der Waals surface area contributed by atoms with Gasteiger partial charge in [0.05, 0.1) is 5.60 Å². The van der Waals surface area contributed by atoms with Crippen molar-refractivity contribution in [2.75, 3.05) is 13.2 Å². The Morgan fingerprint density at radius 3 is 2.10 bits per heavy atom. The summed E-state index contributed by atoms with van der Waals surface area (Å²) in [6.45, 7) is 12.1. The van der Waals surface area contributed by atoms with Gasteiger partial charge in [0.25, 0.3) is 0 Å². The highest BCUT2D eigenvalue weighted by atomic mass is 16.5. The third kappa shape index (κ3) is 3.67. The molecule has 21 heavy (non-hydrogen) atoms. The lowest BCUT2D eigenvalue weighted by atomic mass is 9.74. The second kappa shape index (κ2) is 6.50. The Morgan fingerprint density at radius 2 is 1.62 bits per heavy atom. The Labute approximate surface area is 129 Å². The van der Waals surface area contributed by atoms with Gasteiger partial charge in [-0.2, -0.15) is 0 Å². The van der Waals surface area contributed by atoms with E-state index >= 15 is 0 Å². The van der Waals surface area contributed by atoms with Gasteiger partial charge < -0.3 is 9.84 Å². The molecule has 1 aliphatic rings. The van der Waals surface area contributed by atoms with Gasteiger partial charge in [0.1, 0.15) is 0 Å². The van der Waals surface area contributed by atoms with Crippen molar-refractivity contribution in [2.24, 2.45) is 5.92 Å². The molecule has 1 aromatic rings. The number of rotatable bonds is 4. The van der Waals surface area contributed by atoms with Crippen molar-refractivity contribution in [3.8, 4) is 0 Å². The van der Waals surface area contributed by atoms with Gasteiger partial charge >= 0.3 is 0 Å². The molecule has 0 bridgehead atoms. The zero-order chi connectivity index (χ0) is 15.5. The fourth-order valence-electron chi connectivity index (χ4n) is 3.29. The van der Waals surface area contributed by atoms with Crippen LogP contribution >= 0.6 is 0 Å². The first-order valence-electron chi connectivity index (χ1n) is 8.08. The molecule has 1 fully saturated rings. The van der Waals surface area contributed by atoms with Gasteiger partial charge in [-0.15, -0.1) is 0 Å². The van der Waals surface area contributed by atoms with E-state index < -0.39 is 5.60 Å².